The molecule has 1 amide bonds. The number of nitrogens with one attached hydrogen (secondary N) is 1. The van der Waals surface area contributed by atoms with Crippen LogP contribution in [0.5, 0.6) is 0 Å². The average molecular weight is 281 g/mol. The normalized spacial score (nSPS) is 24.7. The van der Waals surface area contributed by atoms with E-state index >= 15 is 0 Å². The first kappa shape index (κ1) is 14.2. The van der Waals surface area contributed by atoms with Gasteiger partial charge in [0.2, 0.25) is 5.91 Å². The number of benzene rings is 1. The molecule has 0 aromatic heterocycles. The summed E-state index contributed by atoms with van der Waals surface area (Å²) in [5, 5.41) is 3.91. The maximum Gasteiger partial charge on any atom is 0.240 e. The van der Waals surface area contributed by atoms with Gasteiger partial charge in [0.15, 0.2) is 0 Å². The first-order chi connectivity index (χ1) is 9.06. The summed E-state index contributed by atoms with van der Waals surface area (Å²) in [5.41, 5.74) is 6.42. The van der Waals surface area contributed by atoms with Crippen LogP contribution >= 0.6 is 11.6 Å². The van der Waals surface area contributed by atoms with E-state index in [2.05, 4.69) is 12.2 Å². The predicted octanol–water partition coefficient (Wildman–Crippen LogP) is 3.43. The molecule has 1 aliphatic carbocycles. The molecule has 3 nitrogen and oxygen atoms in total. The van der Waals surface area contributed by atoms with E-state index in [9.17, 15) is 4.79 Å². The summed E-state index contributed by atoms with van der Waals surface area (Å²) in [6.07, 6.45) is 4.54. The summed E-state index contributed by atoms with van der Waals surface area (Å²) >= 11 is 5.96. The Labute approximate surface area is 119 Å². The number of hydrogen-bond donors (Lipinski definition) is 2. The van der Waals surface area contributed by atoms with Crippen molar-refractivity contribution in [1.29, 1.82) is 0 Å². The number of hydrogen-bond acceptors (Lipinski definition) is 2. The van der Waals surface area contributed by atoms with Gasteiger partial charge < -0.3 is 11.1 Å². The van der Waals surface area contributed by atoms with Gasteiger partial charge in [0.25, 0.3) is 0 Å². The third kappa shape index (κ3) is 3.87. The van der Waals surface area contributed by atoms with Gasteiger partial charge in [0.05, 0.1) is 0 Å². The minimum atomic E-state index is -0.304. The Hall–Kier alpha value is -1.22. The molecule has 1 fully saturated rings. The second-order valence-corrected chi connectivity index (χ2v) is 6.00. The second kappa shape index (κ2) is 6.29. The molecule has 0 heterocycles. The van der Waals surface area contributed by atoms with E-state index in [0.29, 0.717) is 16.9 Å². The van der Waals surface area contributed by atoms with Crippen LogP contribution < -0.4 is 11.1 Å². The Bertz CT molecular complexity index is 450. The first-order valence-electron chi connectivity index (χ1n) is 6.87. The maximum absolute atomic E-state index is 11.7. The van der Waals surface area contributed by atoms with Gasteiger partial charge in [-0.1, -0.05) is 37.4 Å². The SMILES string of the molecule is CC1CCCC(C(Nc2cccc(Cl)c2)C(N)=O)C1. The Morgan fingerprint density at radius 1 is 1.47 bits per heavy atom. The number of carbonyl (C=O) groups excluding carboxylic acids is 1. The van der Waals surface area contributed by atoms with Crippen molar-refractivity contribution in [2.24, 2.45) is 17.6 Å². The van der Waals surface area contributed by atoms with E-state index < -0.39 is 0 Å². The summed E-state index contributed by atoms with van der Waals surface area (Å²) in [6, 6.07) is 7.11. The van der Waals surface area contributed by atoms with Crippen LogP contribution in [0.15, 0.2) is 24.3 Å². The van der Waals surface area contributed by atoms with E-state index in [1.807, 2.05) is 24.3 Å². The van der Waals surface area contributed by atoms with Crippen molar-refractivity contribution in [1.82, 2.24) is 0 Å². The van der Waals surface area contributed by atoms with Gasteiger partial charge in [-0.2, -0.15) is 0 Å². The Balaban J connectivity index is 2.09. The molecule has 1 aromatic carbocycles. The van der Waals surface area contributed by atoms with Crippen LogP contribution in [0.2, 0.25) is 5.02 Å². The zero-order valence-electron chi connectivity index (χ0n) is 11.2. The van der Waals surface area contributed by atoms with Crippen LogP contribution in [0, 0.1) is 11.8 Å². The van der Waals surface area contributed by atoms with Gasteiger partial charge in [-0.05, 0) is 42.9 Å². The van der Waals surface area contributed by atoms with Gasteiger partial charge in [-0.15, -0.1) is 0 Å². The molecular formula is C15H21ClN2O. The number of anilines is 1. The fourth-order valence-corrected chi connectivity index (χ4v) is 3.15. The molecule has 19 heavy (non-hydrogen) atoms. The van der Waals surface area contributed by atoms with Crippen molar-refractivity contribution in [2.45, 2.75) is 38.6 Å². The van der Waals surface area contributed by atoms with Crippen LogP contribution in [0.1, 0.15) is 32.6 Å². The van der Waals surface area contributed by atoms with Crippen LogP contribution in [-0.2, 0) is 4.79 Å². The largest absolute Gasteiger partial charge is 0.373 e. The highest BCUT2D eigenvalue weighted by Crippen LogP contribution is 2.32. The number of rotatable bonds is 4. The molecule has 0 aliphatic heterocycles. The van der Waals surface area contributed by atoms with Crippen LogP contribution in [0.3, 0.4) is 0 Å². The summed E-state index contributed by atoms with van der Waals surface area (Å²) in [5.74, 6) is 0.709. The number of nitrogens with two attached hydrogens (primary N) is 1. The zero-order chi connectivity index (χ0) is 13.8. The molecule has 3 N–H and O–H groups in total. The molecule has 1 saturated carbocycles. The van der Waals surface area contributed by atoms with Crippen LogP contribution in [0.4, 0.5) is 5.69 Å². The minimum absolute atomic E-state index is 0.279. The van der Waals surface area contributed by atoms with Crippen molar-refractivity contribution in [2.75, 3.05) is 5.32 Å². The molecule has 4 heteroatoms. The summed E-state index contributed by atoms with van der Waals surface area (Å²) < 4.78 is 0. The molecule has 0 radical (unpaired) electrons. The van der Waals surface area contributed by atoms with Crippen molar-refractivity contribution in [3.63, 3.8) is 0 Å². The highest BCUT2D eigenvalue weighted by molar-refractivity contribution is 6.30. The second-order valence-electron chi connectivity index (χ2n) is 5.57. The lowest BCUT2D eigenvalue weighted by Crippen LogP contribution is -2.43. The van der Waals surface area contributed by atoms with Gasteiger partial charge in [0, 0.05) is 10.7 Å². The maximum atomic E-state index is 11.7. The minimum Gasteiger partial charge on any atom is -0.373 e. The van der Waals surface area contributed by atoms with Gasteiger partial charge in [0.1, 0.15) is 6.04 Å². The van der Waals surface area contributed by atoms with Crippen LogP contribution in [-0.4, -0.2) is 11.9 Å². The van der Waals surface area contributed by atoms with E-state index in [-0.39, 0.29) is 11.9 Å². The molecule has 0 bridgehead atoms. The van der Waals surface area contributed by atoms with Crippen LogP contribution in [0.25, 0.3) is 0 Å². The molecular weight excluding hydrogens is 260 g/mol. The summed E-state index contributed by atoms with van der Waals surface area (Å²) in [7, 11) is 0. The Morgan fingerprint density at radius 3 is 2.89 bits per heavy atom. The van der Waals surface area contributed by atoms with E-state index in [1.54, 1.807) is 0 Å². The van der Waals surface area contributed by atoms with Gasteiger partial charge in [-0.3, -0.25) is 4.79 Å². The third-order valence-electron chi connectivity index (χ3n) is 3.90. The lowest BCUT2D eigenvalue weighted by Gasteiger charge is -2.32. The number of halogens is 1. The monoisotopic (exact) mass is 280 g/mol. The standard InChI is InChI=1S/C15H21ClN2O/c1-10-4-2-5-11(8-10)14(15(17)19)18-13-7-3-6-12(16)9-13/h3,6-7,9-11,14,18H,2,4-5,8H2,1H3,(H2,17,19). The highest BCUT2D eigenvalue weighted by Gasteiger charge is 2.30. The lowest BCUT2D eigenvalue weighted by molar-refractivity contribution is -0.120. The molecule has 3 unspecified atom stereocenters. The highest BCUT2D eigenvalue weighted by atomic mass is 35.5. The molecule has 0 spiro atoms. The fraction of sp³-hybridized carbons (Fsp3) is 0.533. The fourth-order valence-electron chi connectivity index (χ4n) is 2.96. The number of primary amides is 1. The zero-order valence-corrected chi connectivity index (χ0v) is 12.0. The topological polar surface area (TPSA) is 55.1 Å². The Morgan fingerprint density at radius 2 is 2.26 bits per heavy atom. The predicted molar refractivity (Wildman–Crippen MR) is 79.2 cm³/mol. The van der Waals surface area contributed by atoms with Crippen molar-refractivity contribution in [3.8, 4) is 0 Å². The lowest BCUT2D eigenvalue weighted by atomic mass is 9.78. The smallest absolute Gasteiger partial charge is 0.240 e. The third-order valence-corrected chi connectivity index (χ3v) is 4.14. The quantitative estimate of drug-likeness (QED) is 0.888. The molecule has 1 aromatic rings. The number of amides is 1. The summed E-state index contributed by atoms with van der Waals surface area (Å²) in [6.45, 7) is 2.24. The van der Waals surface area contributed by atoms with Gasteiger partial charge >= 0.3 is 0 Å². The van der Waals surface area contributed by atoms with Gasteiger partial charge in [-0.25, -0.2) is 0 Å². The van der Waals surface area contributed by atoms with E-state index in [1.165, 1.54) is 12.8 Å². The van der Waals surface area contributed by atoms with Crippen molar-refractivity contribution < 1.29 is 4.79 Å². The molecule has 1 aliphatic rings. The average Bonchev–Trinajstić information content (AvgIpc) is 2.35. The van der Waals surface area contributed by atoms with Crippen molar-refractivity contribution >= 4 is 23.2 Å². The number of carbonyl (C=O) groups is 1. The summed E-state index contributed by atoms with van der Waals surface area (Å²) in [4.78, 5) is 11.7. The first-order valence-corrected chi connectivity index (χ1v) is 7.25. The molecule has 104 valence electrons. The van der Waals surface area contributed by atoms with Crippen molar-refractivity contribution in [3.05, 3.63) is 29.3 Å². The molecule has 3 atom stereocenters. The Kier molecular flexibility index (Phi) is 4.70. The molecule has 0 saturated heterocycles. The van der Waals surface area contributed by atoms with E-state index in [0.717, 1.165) is 18.5 Å². The van der Waals surface area contributed by atoms with E-state index in [4.69, 9.17) is 17.3 Å². The molecule has 2 rings (SSSR count).